The van der Waals surface area contributed by atoms with E-state index in [0.717, 1.165) is 18.4 Å². The molecule has 2 amide bonds. The molecule has 43 heavy (non-hydrogen) atoms. The van der Waals surface area contributed by atoms with Crippen LogP contribution in [0.15, 0.2) is 54.6 Å². The summed E-state index contributed by atoms with van der Waals surface area (Å²) in [5.74, 6) is 0.359. The van der Waals surface area contributed by atoms with Gasteiger partial charge in [0.05, 0.1) is 25.7 Å². The first-order chi connectivity index (χ1) is 20.9. The lowest BCUT2D eigenvalue weighted by atomic mass is 9.77. The quantitative estimate of drug-likeness (QED) is 0.182. The molecule has 5 rings (SSSR count). The van der Waals surface area contributed by atoms with Crippen molar-refractivity contribution < 1.29 is 43.5 Å². The van der Waals surface area contributed by atoms with Crippen molar-refractivity contribution in [3.8, 4) is 23.0 Å². The third-order valence-corrected chi connectivity index (χ3v) is 7.93. The maximum atomic E-state index is 13.8. The smallest absolute Gasteiger partial charge is 0.247 e. The molecule has 0 aromatic heterocycles. The van der Waals surface area contributed by atoms with Crippen molar-refractivity contribution in [1.82, 2.24) is 10.2 Å². The highest BCUT2D eigenvalue weighted by atomic mass is 16.7. The van der Waals surface area contributed by atoms with Crippen LogP contribution in [-0.2, 0) is 16.1 Å². The summed E-state index contributed by atoms with van der Waals surface area (Å²) in [5.41, 5.74) is 1.86. The average Bonchev–Trinajstić information content (AvgIpc) is 3.65. The van der Waals surface area contributed by atoms with Crippen LogP contribution >= 0.6 is 0 Å². The molecule has 3 N–H and O–H groups in total. The third kappa shape index (κ3) is 6.09. The first-order valence-corrected chi connectivity index (χ1v) is 14.3. The summed E-state index contributed by atoms with van der Waals surface area (Å²) >= 11 is 0. The molecule has 0 radical (unpaired) electrons. The predicted molar refractivity (Wildman–Crippen MR) is 155 cm³/mol. The molecule has 0 saturated carbocycles. The second-order valence-electron chi connectivity index (χ2n) is 10.6. The zero-order valence-corrected chi connectivity index (χ0v) is 24.0. The Bertz CT molecular complexity index is 1420. The van der Waals surface area contributed by atoms with E-state index in [2.05, 4.69) is 11.9 Å². The molecule has 4 unspecified atom stereocenters. The van der Waals surface area contributed by atoms with E-state index in [1.807, 2.05) is 6.07 Å². The molecule has 228 valence electrons. The molecule has 1 aliphatic carbocycles. The number of benzene rings is 2. The number of nitrogens with one attached hydrogen (secondary N) is 1. The summed E-state index contributed by atoms with van der Waals surface area (Å²) in [7, 11) is 1.44. The Kier molecular flexibility index (Phi) is 9.32. The van der Waals surface area contributed by atoms with Crippen LogP contribution in [0.4, 0.5) is 0 Å². The van der Waals surface area contributed by atoms with E-state index in [4.69, 9.17) is 18.9 Å². The van der Waals surface area contributed by atoms with E-state index in [1.165, 1.54) is 13.2 Å². The summed E-state index contributed by atoms with van der Waals surface area (Å²) < 4.78 is 22.7. The van der Waals surface area contributed by atoms with Gasteiger partial charge in [0.15, 0.2) is 23.0 Å². The van der Waals surface area contributed by atoms with Gasteiger partial charge in [0.2, 0.25) is 18.6 Å². The molecular formula is C32H36N2O9. The lowest BCUT2D eigenvalue weighted by Crippen LogP contribution is -2.55. The largest absolute Gasteiger partial charge is 0.493 e. The lowest BCUT2D eigenvalue weighted by molar-refractivity contribution is -0.138. The molecule has 2 aliphatic heterocycles. The van der Waals surface area contributed by atoms with Crippen molar-refractivity contribution in [2.75, 3.05) is 27.1 Å². The molecule has 0 saturated heterocycles. The third-order valence-electron chi connectivity index (χ3n) is 7.93. The number of carbonyl (C=O) groups is 3. The van der Waals surface area contributed by atoms with Gasteiger partial charge >= 0.3 is 0 Å². The monoisotopic (exact) mass is 592 g/mol. The average molecular weight is 593 g/mol. The zero-order chi connectivity index (χ0) is 30.5. The van der Waals surface area contributed by atoms with Crippen molar-refractivity contribution >= 4 is 18.1 Å². The van der Waals surface area contributed by atoms with Gasteiger partial charge in [-0.25, -0.2) is 0 Å². The number of fused-ring (bicyclic) bond motifs is 4. The molecule has 3 aliphatic rings. The Hall–Kier alpha value is -4.35. The van der Waals surface area contributed by atoms with Crippen LogP contribution in [0, 0.1) is 0 Å². The van der Waals surface area contributed by atoms with E-state index in [9.17, 15) is 24.6 Å². The van der Waals surface area contributed by atoms with Crippen LogP contribution in [0.5, 0.6) is 23.0 Å². The Morgan fingerprint density at radius 2 is 2.00 bits per heavy atom. The molecule has 0 bridgehead atoms. The Morgan fingerprint density at radius 1 is 1.19 bits per heavy atom. The summed E-state index contributed by atoms with van der Waals surface area (Å²) in [6.07, 6.45) is 4.30. The van der Waals surface area contributed by atoms with Crippen molar-refractivity contribution in [2.24, 2.45) is 0 Å². The number of aldehydes is 1. The number of aliphatic hydroxyl groups excluding tert-OH is 2. The molecule has 0 spiro atoms. The summed E-state index contributed by atoms with van der Waals surface area (Å²) in [6.45, 7) is 3.72. The Labute approximate surface area is 249 Å². The molecule has 11 nitrogen and oxygen atoms in total. The van der Waals surface area contributed by atoms with Gasteiger partial charge in [-0.1, -0.05) is 12.1 Å². The molecule has 4 atom stereocenters. The highest BCUT2D eigenvalue weighted by Gasteiger charge is 2.51. The second kappa shape index (κ2) is 13.3. The minimum atomic E-state index is -1.23. The summed E-state index contributed by atoms with van der Waals surface area (Å²) in [6, 6.07) is 7.61. The Balaban J connectivity index is 1.55. The van der Waals surface area contributed by atoms with Gasteiger partial charge in [0, 0.05) is 36.2 Å². The van der Waals surface area contributed by atoms with E-state index in [-0.39, 0.29) is 44.4 Å². The molecular weight excluding hydrogens is 556 g/mol. The van der Waals surface area contributed by atoms with Gasteiger partial charge in [0.1, 0.15) is 18.5 Å². The van der Waals surface area contributed by atoms with Crippen LogP contribution in [0.2, 0.25) is 0 Å². The lowest BCUT2D eigenvalue weighted by Gasteiger charge is -2.41. The number of carbonyl (C=O) groups excluding carboxylic acids is 3. The minimum absolute atomic E-state index is 0.00926. The zero-order valence-electron chi connectivity index (χ0n) is 24.0. The number of hydrogen-bond acceptors (Lipinski definition) is 9. The number of nitrogens with zero attached hydrogens (tertiary/aromatic N) is 1. The second-order valence-corrected chi connectivity index (χ2v) is 10.6. The molecule has 0 fully saturated rings. The van der Waals surface area contributed by atoms with Crippen LogP contribution in [-0.4, -0.2) is 78.5 Å². The van der Waals surface area contributed by atoms with E-state index in [1.54, 1.807) is 35.3 Å². The topological polar surface area (TPSA) is 144 Å². The summed E-state index contributed by atoms with van der Waals surface area (Å²) in [4.78, 5) is 40.6. The fourth-order valence-electron chi connectivity index (χ4n) is 5.86. The highest BCUT2D eigenvalue weighted by molar-refractivity contribution is 5.96. The fourth-order valence-corrected chi connectivity index (χ4v) is 5.86. The summed E-state index contributed by atoms with van der Waals surface area (Å²) in [5, 5.41) is 23.9. The van der Waals surface area contributed by atoms with Gasteiger partial charge in [-0.2, -0.15) is 0 Å². The van der Waals surface area contributed by atoms with Crippen LogP contribution in [0.1, 0.15) is 53.1 Å². The number of ether oxygens (including phenoxy) is 4. The first-order valence-electron chi connectivity index (χ1n) is 14.3. The predicted octanol–water partition coefficient (Wildman–Crippen LogP) is 2.63. The number of unbranched alkanes of at least 4 members (excludes halogenated alkanes) is 2. The Morgan fingerprint density at radius 3 is 2.74 bits per heavy atom. The van der Waals surface area contributed by atoms with Crippen LogP contribution in [0.25, 0.3) is 0 Å². The van der Waals surface area contributed by atoms with E-state index < -0.39 is 30.1 Å². The van der Waals surface area contributed by atoms with Crippen molar-refractivity contribution in [3.63, 3.8) is 0 Å². The first kappa shape index (κ1) is 30.1. The maximum absolute atomic E-state index is 13.8. The van der Waals surface area contributed by atoms with Crippen LogP contribution in [0.3, 0.4) is 0 Å². The number of rotatable bonds is 13. The van der Waals surface area contributed by atoms with Gasteiger partial charge in [-0.15, -0.1) is 6.58 Å². The van der Waals surface area contributed by atoms with Crippen molar-refractivity contribution in [1.29, 1.82) is 0 Å². The normalized spacial score (nSPS) is 21.1. The molecule has 11 heteroatoms. The standard InChI is InChI=1S/C32H36N2O9/c1-3-4-5-6-7-27(37)34(16-19-8-9-24-25(13-19)42-18-41-24)23-15-22(32(39)33-10-11-35)28-21-12-20(17-36)14-26(40-2)30(21)43-31(28)29(23)38/h3,8-9,12-15,17,23,28-29,31,35,38H,1,4-7,10-11,16,18H2,2H3,(H,33,39). The van der Waals surface area contributed by atoms with Gasteiger partial charge in [0.25, 0.3) is 0 Å². The number of allylic oxidation sites excluding steroid dienone is 1. The number of methoxy groups -OCH3 is 1. The van der Waals surface area contributed by atoms with Gasteiger partial charge < -0.3 is 39.4 Å². The van der Waals surface area contributed by atoms with Gasteiger partial charge in [-0.3, -0.25) is 14.4 Å². The molecule has 2 aromatic carbocycles. The number of hydrogen-bond donors (Lipinski definition) is 3. The van der Waals surface area contributed by atoms with Crippen molar-refractivity contribution in [2.45, 2.75) is 56.4 Å². The number of amides is 2. The van der Waals surface area contributed by atoms with E-state index >= 15 is 0 Å². The molecule has 2 heterocycles. The van der Waals surface area contributed by atoms with Crippen molar-refractivity contribution in [3.05, 3.63) is 71.3 Å². The molecule has 2 aromatic rings. The SMILES string of the molecule is C=CCCCCC(=O)N(Cc1ccc2c(c1)OCO2)C1C=C(C(=O)NCCO)C2c3cc(C=O)cc(OC)c3OC2C1O. The van der Waals surface area contributed by atoms with Gasteiger partial charge in [-0.05, 0) is 55.2 Å². The van der Waals surface area contributed by atoms with Crippen LogP contribution < -0.4 is 24.3 Å². The highest BCUT2D eigenvalue weighted by Crippen LogP contribution is 2.51. The number of aliphatic hydroxyl groups is 2. The minimum Gasteiger partial charge on any atom is -0.493 e. The maximum Gasteiger partial charge on any atom is 0.247 e. The fraction of sp³-hybridized carbons (Fsp3) is 0.406. The van der Waals surface area contributed by atoms with E-state index in [0.29, 0.717) is 46.8 Å².